The van der Waals surface area contributed by atoms with Crippen molar-refractivity contribution in [3.8, 4) is 11.5 Å². The van der Waals surface area contributed by atoms with Gasteiger partial charge in [0.25, 0.3) is 0 Å². The molecule has 2 aromatic rings. The van der Waals surface area contributed by atoms with Crippen molar-refractivity contribution in [3.05, 3.63) is 59.2 Å². The van der Waals surface area contributed by atoms with Crippen molar-refractivity contribution < 1.29 is 20.4 Å². The van der Waals surface area contributed by atoms with Gasteiger partial charge in [0.15, 0.2) is 0 Å². The first kappa shape index (κ1) is 23.2. The molecule has 0 radical (unpaired) electrons. The van der Waals surface area contributed by atoms with Crippen LogP contribution in [0.2, 0.25) is 0 Å². The molecule has 0 aliphatic carbocycles. The molecule has 3 atom stereocenters. The minimum absolute atomic E-state index is 0.119. The van der Waals surface area contributed by atoms with Crippen molar-refractivity contribution in [1.82, 2.24) is 0 Å². The summed E-state index contributed by atoms with van der Waals surface area (Å²) >= 11 is 0. The minimum atomic E-state index is -0.699. The van der Waals surface area contributed by atoms with Gasteiger partial charge in [0.1, 0.15) is 11.5 Å². The third-order valence-corrected chi connectivity index (χ3v) is 5.53. The molecule has 2 rings (SSSR count). The topological polar surface area (TPSA) is 80.9 Å². The van der Waals surface area contributed by atoms with E-state index in [9.17, 15) is 20.4 Å². The summed E-state index contributed by atoms with van der Waals surface area (Å²) < 4.78 is 0. The van der Waals surface area contributed by atoms with Crippen molar-refractivity contribution in [1.29, 1.82) is 0 Å². The van der Waals surface area contributed by atoms with E-state index in [0.717, 1.165) is 30.4 Å². The Bertz CT molecular complexity index is 756. The molecule has 0 aliphatic heterocycles. The van der Waals surface area contributed by atoms with Crippen LogP contribution in [0.1, 0.15) is 69.2 Å². The number of aliphatic hydroxyl groups excluding tert-OH is 2. The summed E-state index contributed by atoms with van der Waals surface area (Å²) in [6.07, 6.45) is 3.06. The molecule has 0 saturated carbocycles. The first-order chi connectivity index (χ1) is 13.8. The number of phenols is 2. The molecule has 3 unspecified atom stereocenters. The SMILES string of the molecule is CC(C)CCC(O)Cc1cccc(CC(C)CCC(O)c2ccccc2O)c1O. The summed E-state index contributed by atoms with van der Waals surface area (Å²) in [6, 6.07) is 12.6. The molecule has 2 aromatic carbocycles. The molecule has 0 fully saturated rings. The Morgan fingerprint density at radius 3 is 2.03 bits per heavy atom. The van der Waals surface area contributed by atoms with Crippen molar-refractivity contribution in [2.45, 2.75) is 71.5 Å². The third-order valence-electron chi connectivity index (χ3n) is 5.53. The van der Waals surface area contributed by atoms with E-state index in [1.807, 2.05) is 18.2 Å². The van der Waals surface area contributed by atoms with Gasteiger partial charge in [-0.05, 0) is 61.1 Å². The van der Waals surface area contributed by atoms with Crippen molar-refractivity contribution in [2.75, 3.05) is 0 Å². The zero-order valence-electron chi connectivity index (χ0n) is 17.9. The molecule has 160 valence electrons. The van der Waals surface area contributed by atoms with E-state index in [1.165, 1.54) is 0 Å². The van der Waals surface area contributed by atoms with Gasteiger partial charge in [0.2, 0.25) is 0 Å². The largest absolute Gasteiger partial charge is 0.508 e. The summed E-state index contributed by atoms with van der Waals surface area (Å²) in [5, 5.41) is 41.2. The number of aliphatic hydroxyl groups is 2. The monoisotopic (exact) mass is 400 g/mol. The predicted octanol–water partition coefficient (Wildman–Crippen LogP) is 5.13. The first-order valence-electron chi connectivity index (χ1n) is 10.7. The van der Waals surface area contributed by atoms with Gasteiger partial charge in [-0.3, -0.25) is 0 Å². The number of phenolic OH excluding ortho intramolecular Hbond substituents is 2. The number of hydrogen-bond acceptors (Lipinski definition) is 4. The zero-order chi connectivity index (χ0) is 21.4. The number of hydrogen-bond donors (Lipinski definition) is 4. The molecule has 0 spiro atoms. The predicted molar refractivity (Wildman–Crippen MR) is 117 cm³/mol. The highest BCUT2D eigenvalue weighted by Crippen LogP contribution is 2.31. The maximum absolute atomic E-state index is 10.7. The molecule has 4 N–H and O–H groups in total. The third kappa shape index (κ3) is 7.37. The lowest BCUT2D eigenvalue weighted by Gasteiger charge is -2.18. The van der Waals surface area contributed by atoms with E-state index in [0.29, 0.717) is 30.7 Å². The number of aromatic hydroxyl groups is 2. The Balaban J connectivity index is 1.91. The molecule has 0 saturated heterocycles. The van der Waals surface area contributed by atoms with Gasteiger partial charge < -0.3 is 20.4 Å². The lowest BCUT2D eigenvalue weighted by atomic mass is 9.91. The van der Waals surface area contributed by atoms with Crippen LogP contribution in [0.15, 0.2) is 42.5 Å². The molecule has 0 bridgehead atoms. The average Bonchev–Trinajstić information content (AvgIpc) is 2.68. The van der Waals surface area contributed by atoms with Crippen LogP contribution in [0.4, 0.5) is 0 Å². The van der Waals surface area contributed by atoms with E-state index in [-0.39, 0.29) is 17.4 Å². The first-order valence-corrected chi connectivity index (χ1v) is 10.7. The molecule has 0 heterocycles. The molecule has 4 heteroatoms. The molecule has 0 aliphatic rings. The van der Waals surface area contributed by atoms with Crippen molar-refractivity contribution in [3.63, 3.8) is 0 Å². The van der Waals surface area contributed by atoms with Crippen LogP contribution in [0.3, 0.4) is 0 Å². The normalized spacial score (nSPS) is 14.7. The molecular weight excluding hydrogens is 364 g/mol. The van der Waals surface area contributed by atoms with E-state index < -0.39 is 12.2 Å². The van der Waals surface area contributed by atoms with Gasteiger partial charge in [0, 0.05) is 12.0 Å². The second kappa shape index (κ2) is 11.2. The molecule has 29 heavy (non-hydrogen) atoms. The maximum atomic E-state index is 10.7. The van der Waals surface area contributed by atoms with Gasteiger partial charge in [-0.1, -0.05) is 57.2 Å². The van der Waals surface area contributed by atoms with Crippen LogP contribution in [-0.2, 0) is 12.8 Å². The lowest BCUT2D eigenvalue weighted by molar-refractivity contribution is 0.154. The van der Waals surface area contributed by atoms with E-state index in [2.05, 4.69) is 20.8 Å². The highest BCUT2D eigenvalue weighted by atomic mass is 16.3. The lowest BCUT2D eigenvalue weighted by Crippen LogP contribution is -2.12. The fourth-order valence-corrected chi connectivity index (χ4v) is 3.70. The maximum Gasteiger partial charge on any atom is 0.122 e. The smallest absolute Gasteiger partial charge is 0.122 e. The molecule has 0 aromatic heterocycles. The standard InChI is InChI=1S/C25H36O4/c1-17(2)11-13-21(26)16-20-8-6-7-19(25(20)29)15-18(3)12-14-24(28)22-9-4-5-10-23(22)27/h4-10,17-18,21,24,26-29H,11-16H2,1-3H3. The Morgan fingerprint density at radius 1 is 0.724 bits per heavy atom. The Hall–Kier alpha value is -2.04. The van der Waals surface area contributed by atoms with Crippen LogP contribution in [0.5, 0.6) is 11.5 Å². The van der Waals surface area contributed by atoms with Gasteiger partial charge in [-0.25, -0.2) is 0 Å². The summed E-state index contributed by atoms with van der Waals surface area (Å²) in [6.45, 7) is 6.38. The van der Waals surface area contributed by atoms with Crippen LogP contribution in [-0.4, -0.2) is 26.5 Å². The zero-order valence-corrected chi connectivity index (χ0v) is 17.9. The second-order valence-electron chi connectivity index (χ2n) is 8.72. The highest BCUT2D eigenvalue weighted by Gasteiger charge is 2.17. The minimum Gasteiger partial charge on any atom is -0.508 e. The van der Waals surface area contributed by atoms with Crippen molar-refractivity contribution in [2.24, 2.45) is 11.8 Å². The summed E-state index contributed by atoms with van der Waals surface area (Å²) in [5.74, 6) is 1.22. The van der Waals surface area contributed by atoms with Crippen LogP contribution in [0.25, 0.3) is 0 Å². The Morgan fingerprint density at radius 2 is 1.38 bits per heavy atom. The van der Waals surface area contributed by atoms with E-state index in [1.54, 1.807) is 24.3 Å². The average molecular weight is 401 g/mol. The molecule has 0 amide bonds. The Kier molecular flexibility index (Phi) is 8.99. The molecule has 4 nitrogen and oxygen atoms in total. The second-order valence-corrected chi connectivity index (χ2v) is 8.72. The highest BCUT2D eigenvalue weighted by molar-refractivity contribution is 5.41. The molecular formula is C25H36O4. The van der Waals surface area contributed by atoms with Gasteiger partial charge in [-0.2, -0.15) is 0 Å². The van der Waals surface area contributed by atoms with Crippen molar-refractivity contribution >= 4 is 0 Å². The van der Waals surface area contributed by atoms with E-state index >= 15 is 0 Å². The Labute approximate surface area is 174 Å². The van der Waals surface area contributed by atoms with Gasteiger partial charge in [-0.15, -0.1) is 0 Å². The van der Waals surface area contributed by atoms with Crippen LogP contribution < -0.4 is 0 Å². The van der Waals surface area contributed by atoms with E-state index in [4.69, 9.17) is 0 Å². The summed E-state index contributed by atoms with van der Waals surface area (Å²) in [7, 11) is 0. The number of rotatable bonds is 11. The number of para-hydroxylation sites is 2. The number of benzene rings is 2. The summed E-state index contributed by atoms with van der Waals surface area (Å²) in [5.41, 5.74) is 2.23. The van der Waals surface area contributed by atoms with Crippen LogP contribution >= 0.6 is 0 Å². The van der Waals surface area contributed by atoms with Gasteiger partial charge >= 0.3 is 0 Å². The summed E-state index contributed by atoms with van der Waals surface area (Å²) in [4.78, 5) is 0. The quantitative estimate of drug-likeness (QED) is 0.421. The van der Waals surface area contributed by atoms with Crippen LogP contribution in [0, 0.1) is 11.8 Å². The fourth-order valence-electron chi connectivity index (χ4n) is 3.70. The fraction of sp³-hybridized carbons (Fsp3) is 0.520. The van der Waals surface area contributed by atoms with Gasteiger partial charge in [0.05, 0.1) is 12.2 Å².